The van der Waals surface area contributed by atoms with Gasteiger partial charge in [0.2, 0.25) is 0 Å². The van der Waals surface area contributed by atoms with Gasteiger partial charge in [-0.2, -0.15) is 0 Å². The molecule has 1 saturated carbocycles. The average Bonchev–Trinajstić information content (AvgIpc) is 2.63. The van der Waals surface area contributed by atoms with Crippen LogP contribution in [0.4, 0.5) is 10.5 Å². The van der Waals surface area contributed by atoms with Crippen molar-refractivity contribution in [3.8, 4) is 0 Å². The highest BCUT2D eigenvalue weighted by atomic mass is 35.5. The zero-order valence-electron chi connectivity index (χ0n) is 12.7. The molecule has 2 unspecified atom stereocenters. The predicted octanol–water partition coefficient (Wildman–Crippen LogP) is 3.92. The molecule has 1 spiro atoms. The maximum atomic E-state index is 12.4. The highest BCUT2D eigenvalue weighted by Crippen LogP contribution is 2.44. The Labute approximate surface area is 130 Å². The molecule has 5 heteroatoms. The number of nitrogens with zero attached hydrogens (tertiary/aromatic N) is 1. The van der Waals surface area contributed by atoms with Gasteiger partial charge in [-0.05, 0) is 54.9 Å². The van der Waals surface area contributed by atoms with Crippen LogP contribution < -0.4 is 15.8 Å². The summed E-state index contributed by atoms with van der Waals surface area (Å²) in [7, 11) is 0. The van der Waals surface area contributed by atoms with Crippen molar-refractivity contribution < 1.29 is 4.79 Å². The van der Waals surface area contributed by atoms with Gasteiger partial charge in [-0.25, -0.2) is 15.2 Å². The zero-order chi connectivity index (χ0) is 15.3. The van der Waals surface area contributed by atoms with Crippen molar-refractivity contribution in [2.45, 2.75) is 45.7 Å². The first-order chi connectivity index (χ1) is 9.79. The molecular formula is C16H22ClN3O. The number of rotatable bonds is 1. The van der Waals surface area contributed by atoms with Crippen molar-refractivity contribution in [2.24, 2.45) is 11.3 Å². The molecule has 2 fully saturated rings. The molecule has 2 atom stereocenters. The molecule has 4 nitrogen and oxygen atoms in total. The molecule has 2 aliphatic rings. The average molecular weight is 308 g/mol. The molecule has 0 bridgehead atoms. The molecule has 1 heterocycles. The number of benzene rings is 1. The smallest absolute Gasteiger partial charge is 0.317 e. The first-order valence-corrected chi connectivity index (χ1v) is 7.82. The minimum absolute atomic E-state index is 0.0952. The summed E-state index contributed by atoms with van der Waals surface area (Å²) in [6.45, 7) is 6.79. The van der Waals surface area contributed by atoms with Gasteiger partial charge in [-0.3, -0.25) is 0 Å². The number of urea groups is 1. The fourth-order valence-corrected chi connectivity index (χ4v) is 4.20. The fourth-order valence-electron chi connectivity index (χ4n) is 4.08. The van der Waals surface area contributed by atoms with E-state index in [1.165, 1.54) is 6.42 Å². The molecule has 1 aliphatic heterocycles. The molecule has 2 N–H and O–H groups in total. The summed E-state index contributed by atoms with van der Waals surface area (Å²) in [5.41, 5.74) is 4.10. The number of nitrogens with one attached hydrogen (secondary N) is 2. The highest BCUT2D eigenvalue weighted by Gasteiger charge is 2.49. The third-order valence-electron chi connectivity index (χ3n) is 4.34. The lowest BCUT2D eigenvalue weighted by Gasteiger charge is -2.45. The van der Waals surface area contributed by atoms with E-state index in [0.717, 1.165) is 18.5 Å². The van der Waals surface area contributed by atoms with E-state index in [1.807, 2.05) is 12.1 Å². The summed E-state index contributed by atoms with van der Waals surface area (Å²) in [5.74, 6) is 0.576. The molecule has 3 rings (SSSR count). The van der Waals surface area contributed by atoms with Crippen molar-refractivity contribution in [2.75, 3.05) is 5.01 Å². The van der Waals surface area contributed by atoms with Crippen LogP contribution in [-0.4, -0.2) is 11.7 Å². The van der Waals surface area contributed by atoms with Crippen LogP contribution in [0.15, 0.2) is 24.3 Å². The number of hydrogen-bond donors (Lipinski definition) is 2. The minimum Gasteiger partial charge on any atom is -0.317 e. The van der Waals surface area contributed by atoms with Crippen LogP contribution >= 0.6 is 11.6 Å². The normalized spacial score (nSPS) is 31.5. The van der Waals surface area contributed by atoms with Gasteiger partial charge in [-0.1, -0.05) is 32.4 Å². The molecule has 114 valence electrons. The molecule has 0 aromatic heterocycles. The number of carbonyl (C=O) groups is 1. The van der Waals surface area contributed by atoms with Crippen LogP contribution in [0.5, 0.6) is 0 Å². The van der Waals surface area contributed by atoms with Gasteiger partial charge in [-0.15, -0.1) is 0 Å². The van der Waals surface area contributed by atoms with Crippen molar-refractivity contribution in [3.05, 3.63) is 29.3 Å². The molecule has 2 amide bonds. The van der Waals surface area contributed by atoms with E-state index >= 15 is 0 Å². The first-order valence-electron chi connectivity index (χ1n) is 7.44. The Kier molecular flexibility index (Phi) is 3.41. The van der Waals surface area contributed by atoms with Gasteiger partial charge in [0.05, 0.1) is 5.69 Å². The largest absolute Gasteiger partial charge is 0.338 e. The zero-order valence-corrected chi connectivity index (χ0v) is 13.5. The standard InChI is InChI=1S/C16H22ClN3O/c1-11-8-15(2,3)10-16(9-11)18-14(21)20(19-16)13-6-4-12(17)5-7-13/h4-7,11,19H,8-10H2,1-3H3,(H,18,21). The van der Waals surface area contributed by atoms with Gasteiger partial charge >= 0.3 is 6.03 Å². The third-order valence-corrected chi connectivity index (χ3v) is 4.59. The third kappa shape index (κ3) is 2.87. The lowest BCUT2D eigenvalue weighted by molar-refractivity contribution is 0.0812. The van der Waals surface area contributed by atoms with Crippen LogP contribution in [0.2, 0.25) is 5.02 Å². The Morgan fingerprint density at radius 1 is 1.24 bits per heavy atom. The van der Waals surface area contributed by atoms with E-state index in [2.05, 4.69) is 31.5 Å². The van der Waals surface area contributed by atoms with Gasteiger partial charge in [0.1, 0.15) is 5.66 Å². The summed E-state index contributed by atoms with van der Waals surface area (Å²) < 4.78 is 0. The van der Waals surface area contributed by atoms with Crippen molar-refractivity contribution >= 4 is 23.3 Å². The van der Waals surface area contributed by atoms with Gasteiger partial charge in [0.15, 0.2) is 0 Å². The van der Waals surface area contributed by atoms with Crippen molar-refractivity contribution in [1.82, 2.24) is 10.7 Å². The molecule has 1 saturated heterocycles. The molecule has 1 aliphatic carbocycles. The minimum atomic E-state index is -0.335. The number of amides is 2. The summed E-state index contributed by atoms with van der Waals surface area (Å²) >= 11 is 5.91. The Morgan fingerprint density at radius 2 is 1.90 bits per heavy atom. The second kappa shape index (κ2) is 4.89. The second-order valence-corrected chi connectivity index (χ2v) is 7.73. The topological polar surface area (TPSA) is 44.4 Å². The van der Waals surface area contributed by atoms with Crippen molar-refractivity contribution in [3.63, 3.8) is 0 Å². The molecule has 21 heavy (non-hydrogen) atoms. The summed E-state index contributed by atoms with van der Waals surface area (Å²) in [6.07, 6.45) is 3.07. The summed E-state index contributed by atoms with van der Waals surface area (Å²) in [5, 5.41) is 5.43. The van der Waals surface area contributed by atoms with Gasteiger partial charge in [0.25, 0.3) is 0 Å². The molecule has 1 aromatic carbocycles. The van der Waals surface area contributed by atoms with E-state index in [4.69, 9.17) is 11.6 Å². The van der Waals surface area contributed by atoms with Crippen LogP contribution in [0, 0.1) is 11.3 Å². The Bertz CT molecular complexity index is 557. The Morgan fingerprint density at radius 3 is 2.52 bits per heavy atom. The Balaban J connectivity index is 1.85. The molecular weight excluding hydrogens is 286 g/mol. The van der Waals surface area contributed by atoms with Crippen LogP contribution in [0.3, 0.4) is 0 Å². The van der Waals surface area contributed by atoms with Gasteiger partial charge < -0.3 is 5.32 Å². The predicted molar refractivity (Wildman–Crippen MR) is 85.1 cm³/mol. The van der Waals surface area contributed by atoms with E-state index in [1.54, 1.807) is 17.1 Å². The highest BCUT2D eigenvalue weighted by molar-refractivity contribution is 6.30. The number of anilines is 1. The van der Waals surface area contributed by atoms with Crippen LogP contribution in [-0.2, 0) is 0 Å². The monoisotopic (exact) mass is 307 g/mol. The van der Waals surface area contributed by atoms with Crippen molar-refractivity contribution in [1.29, 1.82) is 0 Å². The first kappa shape index (κ1) is 14.7. The van der Waals surface area contributed by atoms with Crippen LogP contribution in [0.1, 0.15) is 40.0 Å². The number of hydrogen-bond acceptors (Lipinski definition) is 2. The maximum Gasteiger partial charge on any atom is 0.338 e. The number of hydrazine groups is 1. The molecule has 0 radical (unpaired) electrons. The van der Waals surface area contributed by atoms with E-state index < -0.39 is 0 Å². The van der Waals surface area contributed by atoms with Crippen LogP contribution in [0.25, 0.3) is 0 Å². The lowest BCUT2D eigenvalue weighted by Crippen LogP contribution is -2.57. The number of halogens is 1. The van der Waals surface area contributed by atoms with E-state index in [9.17, 15) is 4.79 Å². The number of carbonyl (C=O) groups excluding carboxylic acids is 1. The van der Waals surface area contributed by atoms with E-state index in [-0.39, 0.29) is 17.1 Å². The second-order valence-electron chi connectivity index (χ2n) is 7.29. The fraction of sp³-hybridized carbons (Fsp3) is 0.562. The quantitative estimate of drug-likeness (QED) is 0.826. The van der Waals surface area contributed by atoms with E-state index in [0.29, 0.717) is 10.9 Å². The lowest BCUT2D eigenvalue weighted by atomic mass is 9.68. The molecule has 1 aromatic rings. The summed E-state index contributed by atoms with van der Waals surface area (Å²) in [4.78, 5) is 12.4. The maximum absolute atomic E-state index is 12.4. The SMILES string of the molecule is CC1CC(C)(C)CC2(C1)NC(=O)N(c1ccc(Cl)cc1)N2. The summed E-state index contributed by atoms with van der Waals surface area (Å²) in [6, 6.07) is 7.20. The Hall–Kier alpha value is -1.26. The van der Waals surface area contributed by atoms with Gasteiger partial charge in [0, 0.05) is 5.02 Å².